The number of rotatable bonds is 8. The number of nitrogens with zero attached hydrogens (tertiary/aromatic N) is 2. The summed E-state index contributed by atoms with van der Waals surface area (Å²) in [5.74, 6) is 2.20. The number of nitrogens with one attached hydrogen (secondary N) is 2. The third kappa shape index (κ3) is 5.30. The van der Waals surface area contributed by atoms with Crippen molar-refractivity contribution in [2.75, 3.05) is 46.2 Å². The normalized spacial score (nSPS) is 15.8. The number of carbonyl (C=O) groups is 1. The summed E-state index contributed by atoms with van der Waals surface area (Å²) in [5.41, 5.74) is 0.460. The van der Waals surface area contributed by atoms with Crippen molar-refractivity contribution >= 4 is 17.6 Å². The highest BCUT2D eigenvalue weighted by molar-refractivity contribution is 5.94. The first-order valence-electron chi connectivity index (χ1n) is 10.0. The molecule has 1 amide bonds. The molecule has 2 rings (SSSR count). The second kappa shape index (κ2) is 10.2. The van der Waals surface area contributed by atoms with Gasteiger partial charge in [-0.15, -0.1) is 0 Å². The Bertz CT molecular complexity index is 682. The maximum absolute atomic E-state index is 12.8. The average Bonchev–Trinajstić information content (AvgIpc) is 3.17. The number of hydrogen-bond acceptors (Lipinski definition) is 4. The van der Waals surface area contributed by atoms with Gasteiger partial charge in [-0.1, -0.05) is 12.8 Å². The summed E-state index contributed by atoms with van der Waals surface area (Å²) in [6.45, 7) is 5.75. The van der Waals surface area contributed by atoms with Gasteiger partial charge in [0.05, 0.1) is 25.7 Å². The molecule has 0 unspecified atom stereocenters. The molecule has 1 aromatic carbocycles. The van der Waals surface area contributed by atoms with Gasteiger partial charge in [-0.05, 0) is 38.8 Å². The zero-order valence-electron chi connectivity index (χ0n) is 17.8. The molecular weight excluding hydrogens is 356 g/mol. The van der Waals surface area contributed by atoms with Crippen LogP contribution in [0.1, 0.15) is 39.5 Å². The van der Waals surface area contributed by atoms with Gasteiger partial charge in [0.1, 0.15) is 0 Å². The van der Waals surface area contributed by atoms with E-state index >= 15 is 0 Å². The van der Waals surface area contributed by atoms with Crippen LogP contribution in [0.5, 0.6) is 11.5 Å². The molecule has 28 heavy (non-hydrogen) atoms. The predicted molar refractivity (Wildman–Crippen MR) is 113 cm³/mol. The number of amides is 1. The first kappa shape index (κ1) is 21.9. The van der Waals surface area contributed by atoms with Crippen LogP contribution in [0.4, 0.5) is 5.69 Å². The molecule has 0 aromatic heterocycles. The summed E-state index contributed by atoms with van der Waals surface area (Å²) in [5, 5.41) is 6.57. The third-order valence-electron chi connectivity index (χ3n) is 5.03. The van der Waals surface area contributed by atoms with E-state index in [4.69, 9.17) is 14.5 Å². The number of aliphatic imine (C=N–C) groups is 1. The average molecular weight is 391 g/mol. The second-order valence-electron chi connectivity index (χ2n) is 7.31. The van der Waals surface area contributed by atoms with Crippen molar-refractivity contribution in [3.63, 3.8) is 0 Å². The monoisotopic (exact) mass is 390 g/mol. The fourth-order valence-corrected chi connectivity index (χ4v) is 3.66. The quantitative estimate of drug-likeness (QED) is 0.527. The van der Waals surface area contributed by atoms with Crippen LogP contribution in [0.25, 0.3) is 0 Å². The summed E-state index contributed by atoms with van der Waals surface area (Å²) in [7, 11) is 5.27. The Morgan fingerprint density at radius 2 is 1.93 bits per heavy atom. The Kier molecular flexibility index (Phi) is 7.96. The number of benzene rings is 1. The first-order valence-corrected chi connectivity index (χ1v) is 10.0. The van der Waals surface area contributed by atoms with Crippen molar-refractivity contribution in [3.8, 4) is 11.5 Å². The lowest BCUT2D eigenvalue weighted by Gasteiger charge is -2.29. The predicted octanol–water partition coefficient (Wildman–Crippen LogP) is 3.12. The number of guanidine groups is 1. The van der Waals surface area contributed by atoms with Crippen LogP contribution in [0.15, 0.2) is 23.2 Å². The van der Waals surface area contributed by atoms with Gasteiger partial charge in [0.15, 0.2) is 17.5 Å². The van der Waals surface area contributed by atoms with Crippen LogP contribution in [-0.4, -0.2) is 57.7 Å². The molecule has 1 saturated carbocycles. The molecule has 7 heteroatoms. The van der Waals surface area contributed by atoms with E-state index in [0.29, 0.717) is 30.6 Å². The number of anilines is 1. The molecule has 2 N–H and O–H groups in total. The Morgan fingerprint density at radius 3 is 2.50 bits per heavy atom. The molecule has 1 aliphatic carbocycles. The molecule has 1 aromatic rings. The Labute approximate surface area is 168 Å². The number of carbonyl (C=O) groups excluding carboxylic acids is 1. The van der Waals surface area contributed by atoms with Crippen molar-refractivity contribution in [2.24, 2.45) is 10.4 Å². The standard InChI is InChI=1S/C21H34N4O3/c1-6-22-20(23-15-21(12-8-9-13-21)19(26)25(3)4)24-16-10-11-17(28-7-2)18(14-16)27-5/h10-11,14H,6-9,12-13,15H2,1-5H3,(H2,22,23,24). The Balaban J connectivity index is 2.19. The highest BCUT2D eigenvalue weighted by Crippen LogP contribution is 2.39. The van der Waals surface area contributed by atoms with Gasteiger partial charge in [-0.25, -0.2) is 0 Å². The van der Waals surface area contributed by atoms with Gasteiger partial charge < -0.3 is 25.0 Å². The van der Waals surface area contributed by atoms with Gasteiger partial charge >= 0.3 is 0 Å². The van der Waals surface area contributed by atoms with Crippen LogP contribution in [0.2, 0.25) is 0 Å². The molecule has 0 heterocycles. The van der Waals surface area contributed by atoms with Gasteiger partial charge in [-0.2, -0.15) is 0 Å². The van der Waals surface area contributed by atoms with Crippen molar-refractivity contribution < 1.29 is 14.3 Å². The molecule has 156 valence electrons. The molecule has 1 aliphatic rings. The van der Waals surface area contributed by atoms with E-state index in [0.717, 1.165) is 37.9 Å². The lowest BCUT2D eigenvalue weighted by Crippen LogP contribution is -2.41. The van der Waals surface area contributed by atoms with E-state index in [1.54, 1.807) is 12.0 Å². The lowest BCUT2D eigenvalue weighted by atomic mass is 9.85. The highest BCUT2D eigenvalue weighted by Gasteiger charge is 2.42. The molecule has 0 aliphatic heterocycles. The number of methoxy groups -OCH3 is 1. The molecule has 7 nitrogen and oxygen atoms in total. The molecule has 1 fully saturated rings. The van der Waals surface area contributed by atoms with Gasteiger partial charge in [0, 0.05) is 32.4 Å². The van der Waals surface area contributed by atoms with Crippen molar-refractivity contribution in [1.29, 1.82) is 0 Å². The smallest absolute Gasteiger partial charge is 0.230 e. The molecule has 0 atom stereocenters. The maximum Gasteiger partial charge on any atom is 0.230 e. The molecule has 0 spiro atoms. The van der Waals surface area contributed by atoms with E-state index in [-0.39, 0.29) is 11.3 Å². The van der Waals surface area contributed by atoms with Crippen LogP contribution in [-0.2, 0) is 4.79 Å². The zero-order chi connectivity index (χ0) is 20.6. The summed E-state index contributed by atoms with van der Waals surface area (Å²) in [6, 6.07) is 5.69. The van der Waals surface area contributed by atoms with Crippen LogP contribution < -0.4 is 20.1 Å². The van der Waals surface area contributed by atoms with Crippen molar-refractivity contribution in [1.82, 2.24) is 10.2 Å². The molecule has 0 radical (unpaired) electrons. The molecule has 0 bridgehead atoms. The van der Waals surface area contributed by atoms with E-state index in [9.17, 15) is 4.79 Å². The van der Waals surface area contributed by atoms with E-state index < -0.39 is 0 Å². The first-order chi connectivity index (χ1) is 13.5. The maximum atomic E-state index is 12.8. The van der Waals surface area contributed by atoms with Crippen molar-refractivity contribution in [2.45, 2.75) is 39.5 Å². The minimum absolute atomic E-state index is 0.173. The molecule has 0 saturated heterocycles. The largest absolute Gasteiger partial charge is 0.493 e. The van der Waals surface area contributed by atoms with E-state index in [1.165, 1.54) is 0 Å². The number of ether oxygens (including phenoxy) is 2. The van der Waals surface area contributed by atoms with Gasteiger partial charge in [-0.3, -0.25) is 9.79 Å². The summed E-state index contributed by atoms with van der Waals surface area (Å²) < 4.78 is 11.0. The minimum atomic E-state index is -0.387. The summed E-state index contributed by atoms with van der Waals surface area (Å²) >= 11 is 0. The third-order valence-corrected chi connectivity index (χ3v) is 5.03. The fraction of sp³-hybridized carbons (Fsp3) is 0.619. The topological polar surface area (TPSA) is 75.2 Å². The fourth-order valence-electron chi connectivity index (χ4n) is 3.66. The van der Waals surface area contributed by atoms with Crippen LogP contribution in [0, 0.1) is 5.41 Å². The van der Waals surface area contributed by atoms with Crippen LogP contribution >= 0.6 is 0 Å². The van der Waals surface area contributed by atoms with Gasteiger partial charge in [0.2, 0.25) is 5.91 Å². The second-order valence-corrected chi connectivity index (χ2v) is 7.31. The Morgan fingerprint density at radius 1 is 1.21 bits per heavy atom. The van der Waals surface area contributed by atoms with Crippen molar-refractivity contribution in [3.05, 3.63) is 18.2 Å². The van der Waals surface area contributed by atoms with Crippen LogP contribution in [0.3, 0.4) is 0 Å². The molecular formula is C21H34N4O3. The Hall–Kier alpha value is -2.44. The van der Waals surface area contributed by atoms with E-state index in [1.807, 2.05) is 46.1 Å². The summed E-state index contributed by atoms with van der Waals surface area (Å²) in [4.78, 5) is 19.2. The van der Waals surface area contributed by atoms with E-state index in [2.05, 4.69) is 10.6 Å². The lowest BCUT2D eigenvalue weighted by molar-refractivity contribution is -0.138. The number of hydrogen-bond donors (Lipinski definition) is 2. The summed E-state index contributed by atoms with van der Waals surface area (Å²) in [6.07, 6.45) is 3.94. The minimum Gasteiger partial charge on any atom is -0.493 e. The SMILES string of the molecule is CCNC(=NCC1(C(=O)N(C)C)CCCC1)Nc1ccc(OCC)c(OC)c1. The van der Waals surface area contributed by atoms with Gasteiger partial charge in [0.25, 0.3) is 0 Å². The highest BCUT2D eigenvalue weighted by atomic mass is 16.5. The zero-order valence-corrected chi connectivity index (χ0v) is 17.8.